The Balaban J connectivity index is 0.00000132. The van der Waals surface area contributed by atoms with Crippen molar-refractivity contribution in [2.45, 2.75) is 44.6 Å². The molecular formula is C16H26Cl2N4O. The minimum absolute atomic E-state index is 0. The van der Waals surface area contributed by atoms with Crippen molar-refractivity contribution in [1.29, 1.82) is 0 Å². The number of amides is 1. The third-order valence-corrected chi connectivity index (χ3v) is 4.32. The highest BCUT2D eigenvalue weighted by molar-refractivity contribution is 5.94. The maximum atomic E-state index is 12.1. The first-order valence-corrected chi connectivity index (χ1v) is 8.08. The molecule has 3 heterocycles. The van der Waals surface area contributed by atoms with Crippen LogP contribution in [0.3, 0.4) is 0 Å². The zero-order valence-corrected chi connectivity index (χ0v) is 14.9. The molecule has 1 atom stereocenters. The number of hydrogen-bond donors (Lipinski definition) is 2. The minimum atomic E-state index is -0.0551. The zero-order chi connectivity index (χ0) is 14.5. The van der Waals surface area contributed by atoms with Crippen LogP contribution in [0.1, 0.15) is 38.5 Å². The molecule has 5 nitrogen and oxygen atoms in total. The number of carbonyl (C=O) groups excluding carboxylic acids is 1. The van der Waals surface area contributed by atoms with E-state index < -0.39 is 0 Å². The normalized spacial score (nSPS) is 20.9. The lowest BCUT2D eigenvalue weighted by Gasteiger charge is -2.27. The zero-order valence-electron chi connectivity index (χ0n) is 13.3. The number of rotatable bonds is 3. The van der Waals surface area contributed by atoms with Gasteiger partial charge in [-0.1, -0.05) is 6.42 Å². The first-order valence-electron chi connectivity index (χ1n) is 8.08. The fourth-order valence-electron chi connectivity index (χ4n) is 3.08. The Kier molecular flexibility index (Phi) is 8.66. The van der Waals surface area contributed by atoms with E-state index in [4.69, 9.17) is 0 Å². The van der Waals surface area contributed by atoms with Gasteiger partial charge in [-0.15, -0.1) is 24.8 Å². The summed E-state index contributed by atoms with van der Waals surface area (Å²) in [6.45, 7) is 3.11. The van der Waals surface area contributed by atoms with Gasteiger partial charge in [-0.3, -0.25) is 4.79 Å². The predicted octanol–water partition coefficient (Wildman–Crippen LogP) is 3.00. The number of anilines is 2. The highest BCUT2D eigenvalue weighted by Crippen LogP contribution is 2.19. The Morgan fingerprint density at radius 3 is 2.52 bits per heavy atom. The van der Waals surface area contributed by atoms with Gasteiger partial charge < -0.3 is 15.5 Å². The van der Waals surface area contributed by atoms with Gasteiger partial charge in [0.1, 0.15) is 5.82 Å². The second-order valence-electron chi connectivity index (χ2n) is 5.94. The number of aromatic nitrogens is 1. The number of pyridine rings is 1. The summed E-state index contributed by atoms with van der Waals surface area (Å²) < 4.78 is 0. The number of hydrogen-bond acceptors (Lipinski definition) is 4. The monoisotopic (exact) mass is 360 g/mol. The highest BCUT2D eigenvalue weighted by atomic mass is 35.5. The summed E-state index contributed by atoms with van der Waals surface area (Å²) in [5.41, 5.74) is 0.785. The summed E-state index contributed by atoms with van der Waals surface area (Å²) >= 11 is 0. The summed E-state index contributed by atoms with van der Waals surface area (Å²) in [4.78, 5) is 19.0. The third-order valence-electron chi connectivity index (χ3n) is 4.32. The second kappa shape index (κ2) is 9.96. The molecule has 0 aliphatic carbocycles. The van der Waals surface area contributed by atoms with Crippen LogP contribution in [0.5, 0.6) is 0 Å². The maximum Gasteiger partial charge on any atom is 0.241 e. The van der Waals surface area contributed by atoms with Crippen LogP contribution in [-0.2, 0) is 4.79 Å². The van der Waals surface area contributed by atoms with Gasteiger partial charge in [0, 0.05) is 13.1 Å². The molecule has 2 saturated heterocycles. The van der Waals surface area contributed by atoms with Crippen LogP contribution >= 0.6 is 24.8 Å². The van der Waals surface area contributed by atoms with Gasteiger partial charge in [0.2, 0.25) is 5.91 Å². The van der Waals surface area contributed by atoms with E-state index >= 15 is 0 Å². The Bertz CT molecular complexity index is 471. The topological polar surface area (TPSA) is 57.3 Å². The van der Waals surface area contributed by atoms with Crippen LogP contribution in [-0.4, -0.2) is 36.6 Å². The Morgan fingerprint density at radius 1 is 1.13 bits per heavy atom. The molecule has 130 valence electrons. The molecule has 0 radical (unpaired) electrons. The SMILES string of the molecule is Cl.Cl.O=C(Nc1ccc(N2CCCCC2)nc1)C1CCCCN1. The average molecular weight is 361 g/mol. The smallest absolute Gasteiger partial charge is 0.241 e. The average Bonchev–Trinajstić information content (AvgIpc) is 2.57. The molecule has 0 saturated carbocycles. The van der Waals surface area contributed by atoms with E-state index in [2.05, 4.69) is 20.5 Å². The lowest BCUT2D eigenvalue weighted by Crippen LogP contribution is -2.43. The standard InChI is InChI=1S/C16H24N4O.2ClH/c21-16(14-6-2-3-9-17-14)19-13-7-8-15(18-12-13)20-10-4-1-5-11-20;;/h7-8,12,14,17H,1-6,9-11H2,(H,19,21);2*1H. The first-order chi connectivity index (χ1) is 10.3. The largest absolute Gasteiger partial charge is 0.357 e. The molecular weight excluding hydrogens is 335 g/mol. The number of nitrogens with one attached hydrogen (secondary N) is 2. The highest BCUT2D eigenvalue weighted by Gasteiger charge is 2.20. The molecule has 2 aliphatic rings. The Hall–Kier alpha value is -1.04. The van der Waals surface area contributed by atoms with E-state index in [9.17, 15) is 4.79 Å². The van der Waals surface area contributed by atoms with Crippen LogP contribution in [0.25, 0.3) is 0 Å². The van der Waals surface area contributed by atoms with Crippen molar-refractivity contribution in [1.82, 2.24) is 10.3 Å². The van der Waals surface area contributed by atoms with Crippen molar-refractivity contribution < 1.29 is 4.79 Å². The molecule has 1 aromatic heterocycles. The molecule has 1 unspecified atom stereocenters. The summed E-state index contributed by atoms with van der Waals surface area (Å²) in [5.74, 6) is 1.07. The second-order valence-corrected chi connectivity index (χ2v) is 5.94. The Labute approximate surface area is 150 Å². The van der Waals surface area contributed by atoms with E-state index in [0.29, 0.717) is 0 Å². The number of piperidine rings is 2. The van der Waals surface area contributed by atoms with Crippen LogP contribution < -0.4 is 15.5 Å². The summed E-state index contributed by atoms with van der Waals surface area (Å²) in [6.07, 6.45) is 8.78. The molecule has 23 heavy (non-hydrogen) atoms. The Morgan fingerprint density at radius 2 is 1.91 bits per heavy atom. The molecule has 7 heteroatoms. The van der Waals surface area contributed by atoms with E-state index in [1.54, 1.807) is 6.20 Å². The van der Waals surface area contributed by atoms with Crippen molar-refractivity contribution >= 4 is 42.2 Å². The molecule has 2 N–H and O–H groups in total. The van der Waals surface area contributed by atoms with E-state index in [1.165, 1.54) is 19.3 Å². The van der Waals surface area contributed by atoms with Crippen molar-refractivity contribution in [2.75, 3.05) is 29.9 Å². The van der Waals surface area contributed by atoms with Crippen molar-refractivity contribution in [3.05, 3.63) is 18.3 Å². The number of nitrogens with zero attached hydrogens (tertiary/aromatic N) is 2. The van der Waals surface area contributed by atoms with Gasteiger partial charge >= 0.3 is 0 Å². The molecule has 2 aliphatic heterocycles. The lowest BCUT2D eigenvalue weighted by atomic mass is 10.0. The van der Waals surface area contributed by atoms with Crippen LogP contribution in [0, 0.1) is 0 Å². The lowest BCUT2D eigenvalue weighted by molar-refractivity contribution is -0.118. The third kappa shape index (κ3) is 5.52. The molecule has 1 aromatic rings. The summed E-state index contributed by atoms with van der Waals surface area (Å²) in [6, 6.07) is 3.91. The molecule has 2 fully saturated rings. The first kappa shape index (κ1) is 20.0. The number of halogens is 2. The van der Waals surface area contributed by atoms with Crippen molar-refractivity contribution in [2.24, 2.45) is 0 Å². The number of carbonyl (C=O) groups is 1. The molecule has 0 aromatic carbocycles. The minimum Gasteiger partial charge on any atom is -0.357 e. The van der Waals surface area contributed by atoms with Crippen LogP contribution in [0.15, 0.2) is 18.3 Å². The van der Waals surface area contributed by atoms with Crippen LogP contribution in [0.2, 0.25) is 0 Å². The maximum absolute atomic E-state index is 12.1. The predicted molar refractivity (Wildman–Crippen MR) is 99.1 cm³/mol. The molecule has 1 amide bonds. The van der Waals surface area contributed by atoms with Gasteiger partial charge in [-0.2, -0.15) is 0 Å². The molecule has 0 spiro atoms. The summed E-state index contributed by atoms with van der Waals surface area (Å²) in [7, 11) is 0. The molecule has 0 bridgehead atoms. The fraction of sp³-hybridized carbons (Fsp3) is 0.625. The summed E-state index contributed by atoms with van der Waals surface area (Å²) in [5, 5.41) is 6.22. The van der Waals surface area contributed by atoms with Gasteiger partial charge in [0.25, 0.3) is 0 Å². The van der Waals surface area contributed by atoms with Gasteiger partial charge in [0.15, 0.2) is 0 Å². The van der Waals surface area contributed by atoms with Crippen molar-refractivity contribution in [3.8, 4) is 0 Å². The van der Waals surface area contributed by atoms with Gasteiger partial charge in [-0.25, -0.2) is 4.98 Å². The quantitative estimate of drug-likeness (QED) is 0.869. The van der Waals surface area contributed by atoms with Gasteiger partial charge in [-0.05, 0) is 50.8 Å². The molecule has 3 rings (SSSR count). The van der Waals surface area contributed by atoms with Gasteiger partial charge in [0.05, 0.1) is 17.9 Å². The van der Waals surface area contributed by atoms with Crippen LogP contribution in [0.4, 0.5) is 11.5 Å². The van der Waals surface area contributed by atoms with E-state index in [0.717, 1.165) is 50.4 Å². The van der Waals surface area contributed by atoms with Crippen molar-refractivity contribution in [3.63, 3.8) is 0 Å². The van der Waals surface area contributed by atoms with E-state index in [-0.39, 0.29) is 36.8 Å². The fourth-order valence-corrected chi connectivity index (χ4v) is 3.08. The van der Waals surface area contributed by atoms with E-state index in [1.807, 2.05) is 12.1 Å².